The van der Waals surface area contributed by atoms with Gasteiger partial charge in [-0.15, -0.1) is 0 Å². The topological polar surface area (TPSA) is 29.5 Å². The Morgan fingerprint density at radius 1 is 1.30 bits per heavy atom. The van der Waals surface area contributed by atoms with Crippen molar-refractivity contribution in [3.05, 3.63) is 29.8 Å². The number of likely N-dealkylation sites (tertiary alicyclic amines) is 1. The molecule has 1 aromatic rings. The SMILES string of the molecule is O=C(Cl)N1CCC(Oc2cccc(C(F)(F)F)c2)CC1. The Morgan fingerprint density at radius 3 is 2.50 bits per heavy atom. The number of ether oxygens (including phenoxy) is 1. The molecule has 2 rings (SSSR count). The molecular weight excluding hydrogens is 295 g/mol. The summed E-state index contributed by atoms with van der Waals surface area (Å²) < 4.78 is 43.3. The average Bonchev–Trinajstić information content (AvgIpc) is 2.38. The monoisotopic (exact) mass is 307 g/mol. The minimum Gasteiger partial charge on any atom is -0.490 e. The third kappa shape index (κ3) is 3.79. The molecule has 0 atom stereocenters. The van der Waals surface area contributed by atoms with Gasteiger partial charge in [-0.2, -0.15) is 13.2 Å². The zero-order chi connectivity index (χ0) is 14.8. The Labute approximate surface area is 119 Å². The smallest absolute Gasteiger partial charge is 0.416 e. The van der Waals surface area contributed by atoms with Crippen molar-refractivity contribution in [2.24, 2.45) is 0 Å². The fourth-order valence-electron chi connectivity index (χ4n) is 2.09. The van der Waals surface area contributed by atoms with E-state index >= 15 is 0 Å². The highest BCUT2D eigenvalue weighted by molar-refractivity contribution is 6.62. The second-order valence-corrected chi connectivity index (χ2v) is 4.91. The molecule has 0 spiro atoms. The van der Waals surface area contributed by atoms with Crippen LogP contribution >= 0.6 is 11.6 Å². The molecule has 0 saturated carbocycles. The van der Waals surface area contributed by atoms with Crippen molar-refractivity contribution in [3.63, 3.8) is 0 Å². The van der Waals surface area contributed by atoms with Crippen LogP contribution in [-0.4, -0.2) is 29.5 Å². The molecule has 0 aromatic heterocycles. The van der Waals surface area contributed by atoms with E-state index < -0.39 is 17.1 Å². The molecular formula is C13H13ClF3NO2. The minimum atomic E-state index is -4.38. The maximum Gasteiger partial charge on any atom is 0.416 e. The van der Waals surface area contributed by atoms with Crippen LogP contribution in [-0.2, 0) is 6.18 Å². The molecule has 0 bridgehead atoms. The van der Waals surface area contributed by atoms with Gasteiger partial charge in [-0.3, -0.25) is 4.79 Å². The first kappa shape index (κ1) is 15.0. The van der Waals surface area contributed by atoms with Crippen LogP contribution in [0.2, 0.25) is 0 Å². The molecule has 1 saturated heterocycles. The first-order valence-electron chi connectivity index (χ1n) is 6.14. The van der Waals surface area contributed by atoms with Gasteiger partial charge in [-0.1, -0.05) is 6.07 Å². The van der Waals surface area contributed by atoms with Gasteiger partial charge in [-0.05, 0) is 29.8 Å². The van der Waals surface area contributed by atoms with Crippen LogP contribution in [0.15, 0.2) is 24.3 Å². The second kappa shape index (κ2) is 5.91. The van der Waals surface area contributed by atoms with Gasteiger partial charge in [-0.25, -0.2) is 0 Å². The lowest BCUT2D eigenvalue weighted by molar-refractivity contribution is -0.137. The third-order valence-electron chi connectivity index (χ3n) is 3.15. The molecule has 1 heterocycles. The van der Waals surface area contributed by atoms with Crippen LogP contribution in [0.4, 0.5) is 18.0 Å². The first-order valence-corrected chi connectivity index (χ1v) is 6.52. The van der Waals surface area contributed by atoms with Crippen LogP contribution in [0.5, 0.6) is 5.75 Å². The van der Waals surface area contributed by atoms with Crippen molar-refractivity contribution < 1.29 is 22.7 Å². The standard InChI is InChI=1S/C13H13ClF3NO2/c14-12(19)18-6-4-10(5-7-18)20-11-3-1-2-9(8-11)13(15,16)17/h1-3,8,10H,4-7H2. The Hall–Kier alpha value is -1.43. The highest BCUT2D eigenvalue weighted by Gasteiger charge is 2.31. The lowest BCUT2D eigenvalue weighted by atomic mass is 10.1. The number of hydrogen-bond donors (Lipinski definition) is 0. The van der Waals surface area contributed by atoms with E-state index in [1.54, 1.807) is 0 Å². The summed E-state index contributed by atoms with van der Waals surface area (Å²) in [7, 11) is 0. The fourth-order valence-corrected chi connectivity index (χ4v) is 2.26. The van der Waals surface area contributed by atoms with Gasteiger partial charge in [0.1, 0.15) is 11.9 Å². The highest BCUT2D eigenvalue weighted by Crippen LogP contribution is 2.32. The number of carbonyl (C=O) groups excluding carboxylic acids is 1. The normalized spacial score (nSPS) is 17.1. The summed E-state index contributed by atoms with van der Waals surface area (Å²) >= 11 is 5.36. The summed E-state index contributed by atoms with van der Waals surface area (Å²) in [6.07, 6.45) is -3.48. The van der Waals surface area contributed by atoms with Crippen LogP contribution in [0.25, 0.3) is 0 Å². The van der Waals surface area contributed by atoms with Gasteiger partial charge in [0.2, 0.25) is 0 Å². The number of benzene rings is 1. The van der Waals surface area contributed by atoms with Crippen molar-refractivity contribution >= 4 is 17.0 Å². The third-order valence-corrected chi connectivity index (χ3v) is 3.39. The van der Waals surface area contributed by atoms with E-state index in [1.807, 2.05) is 0 Å². The quantitative estimate of drug-likeness (QED) is 0.612. The van der Waals surface area contributed by atoms with E-state index in [0.717, 1.165) is 12.1 Å². The van der Waals surface area contributed by atoms with Crippen LogP contribution < -0.4 is 4.74 Å². The molecule has 0 N–H and O–H groups in total. The van der Waals surface area contributed by atoms with Crippen LogP contribution in [0.1, 0.15) is 18.4 Å². The maximum atomic E-state index is 12.6. The van der Waals surface area contributed by atoms with Gasteiger partial charge in [0, 0.05) is 25.9 Å². The summed E-state index contributed by atoms with van der Waals surface area (Å²) in [6.45, 7) is 0.901. The number of carbonyl (C=O) groups is 1. The van der Waals surface area contributed by atoms with E-state index in [4.69, 9.17) is 16.3 Å². The van der Waals surface area contributed by atoms with Crippen molar-refractivity contribution in [2.75, 3.05) is 13.1 Å². The van der Waals surface area contributed by atoms with E-state index in [-0.39, 0.29) is 11.9 Å². The van der Waals surface area contributed by atoms with Gasteiger partial charge in [0.05, 0.1) is 5.56 Å². The summed E-state index contributed by atoms with van der Waals surface area (Å²) in [5, 5.41) is -0.512. The largest absolute Gasteiger partial charge is 0.490 e. The molecule has 1 fully saturated rings. The average molecular weight is 308 g/mol. The zero-order valence-corrected chi connectivity index (χ0v) is 11.2. The van der Waals surface area contributed by atoms with Crippen molar-refractivity contribution in [3.8, 4) is 5.75 Å². The minimum absolute atomic E-state index is 0.190. The second-order valence-electron chi connectivity index (χ2n) is 4.58. The van der Waals surface area contributed by atoms with Gasteiger partial charge in [0.15, 0.2) is 0 Å². The van der Waals surface area contributed by atoms with Crippen molar-refractivity contribution in [1.82, 2.24) is 4.90 Å². The molecule has 1 aliphatic rings. The number of rotatable bonds is 2. The lowest BCUT2D eigenvalue weighted by Crippen LogP contribution is -2.39. The van der Waals surface area contributed by atoms with Crippen molar-refractivity contribution in [1.29, 1.82) is 0 Å². The Bertz CT molecular complexity index is 485. The molecule has 1 aromatic carbocycles. The summed E-state index contributed by atoms with van der Waals surface area (Å²) in [4.78, 5) is 12.4. The molecule has 110 valence electrons. The molecule has 3 nitrogen and oxygen atoms in total. The number of amides is 1. The number of alkyl halides is 3. The predicted molar refractivity (Wildman–Crippen MR) is 67.9 cm³/mol. The zero-order valence-electron chi connectivity index (χ0n) is 10.5. The predicted octanol–water partition coefficient (Wildman–Crippen LogP) is 3.91. The molecule has 0 radical (unpaired) electrons. The molecule has 20 heavy (non-hydrogen) atoms. The Kier molecular flexibility index (Phi) is 4.42. The van der Waals surface area contributed by atoms with Crippen molar-refractivity contribution in [2.45, 2.75) is 25.1 Å². The van der Waals surface area contributed by atoms with Gasteiger partial charge < -0.3 is 9.64 Å². The number of nitrogens with zero attached hydrogens (tertiary/aromatic N) is 1. The van der Waals surface area contributed by atoms with Crippen LogP contribution in [0, 0.1) is 0 Å². The lowest BCUT2D eigenvalue weighted by Gasteiger charge is -2.30. The summed E-state index contributed by atoms with van der Waals surface area (Å²) in [6, 6.07) is 4.80. The molecule has 0 aliphatic carbocycles. The highest BCUT2D eigenvalue weighted by atomic mass is 35.5. The molecule has 1 aliphatic heterocycles. The molecule has 1 amide bonds. The van der Waals surface area contributed by atoms with Gasteiger partial charge in [0.25, 0.3) is 0 Å². The van der Waals surface area contributed by atoms with E-state index in [1.165, 1.54) is 17.0 Å². The van der Waals surface area contributed by atoms with E-state index in [9.17, 15) is 18.0 Å². The Balaban J connectivity index is 1.96. The Morgan fingerprint density at radius 2 is 1.95 bits per heavy atom. The molecule has 7 heteroatoms. The summed E-state index contributed by atoms with van der Waals surface area (Å²) in [5.41, 5.74) is -0.733. The number of halogens is 4. The fraction of sp³-hybridized carbons (Fsp3) is 0.462. The van der Waals surface area contributed by atoms with Gasteiger partial charge >= 0.3 is 11.5 Å². The summed E-state index contributed by atoms with van der Waals surface area (Å²) in [5.74, 6) is 0.190. The first-order chi connectivity index (χ1) is 9.36. The maximum absolute atomic E-state index is 12.6. The number of hydrogen-bond acceptors (Lipinski definition) is 2. The van der Waals surface area contributed by atoms with E-state index in [0.29, 0.717) is 25.9 Å². The van der Waals surface area contributed by atoms with Crippen LogP contribution in [0.3, 0.4) is 0 Å². The molecule has 0 unspecified atom stereocenters. The van der Waals surface area contributed by atoms with E-state index in [2.05, 4.69) is 0 Å². The number of piperidine rings is 1.